The van der Waals surface area contributed by atoms with Gasteiger partial charge in [0, 0.05) is 17.8 Å². The molecule has 0 aliphatic heterocycles. The van der Waals surface area contributed by atoms with Crippen molar-refractivity contribution in [1.82, 2.24) is 9.88 Å². The lowest BCUT2D eigenvalue weighted by atomic mass is 10.2. The second kappa shape index (κ2) is 3.87. The zero-order valence-electron chi connectivity index (χ0n) is 7.63. The molecule has 1 aromatic heterocycles. The summed E-state index contributed by atoms with van der Waals surface area (Å²) in [5, 5.41) is 0.793. The SMILES string of the molecule is Cc1c(Cl)ccnc1CN(C)C. The Kier molecular flexibility index (Phi) is 3.06. The highest BCUT2D eigenvalue weighted by atomic mass is 35.5. The molecule has 66 valence electrons. The van der Waals surface area contributed by atoms with E-state index in [0.29, 0.717) is 0 Å². The van der Waals surface area contributed by atoms with E-state index in [1.165, 1.54) is 0 Å². The van der Waals surface area contributed by atoms with Gasteiger partial charge >= 0.3 is 0 Å². The summed E-state index contributed by atoms with van der Waals surface area (Å²) in [6.45, 7) is 2.83. The molecule has 0 aliphatic carbocycles. The lowest BCUT2D eigenvalue weighted by Gasteiger charge is -2.11. The van der Waals surface area contributed by atoms with Crippen LogP contribution in [0.2, 0.25) is 5.02 Å². The van der Waals surface area contributed by atoms with Gasteiger partial charge in [0.1, 0.15) is 0 Å². The first kappa shape index (κ1) is 9.49. The summed E-state index contributed by atoms with van der Waals surface area (Å²) in [7, 11) is 4.03. The Bertz CT molecular complexity index is 271. The molecule has 2 nitrogen and oxygen atoms in total. The molecule has 0 fully saturated rings. The van der Waals surface area contributed by atoms with Gasteiger partial charge in [0.15, 0.2) is 0 Å². The van der Waals surface area contributed by atoms with E-state index in [4.69, 9.17) is 11.6 Å². The first-order valence-electron chi connectivity index (χ1n) is 3.86. The van der Waals surface area contributed by atoms with E-state index in [1.54, 1.807) is 6.20 Å². The summed E-state index contributed by atoms with van der Waals surface area (Å²) < 4.78 is 0. The predicted molar refractivity (Wildman–Crippen MR) is 51.4 cm³/mol. The van der Waals surface area contributed by atoms with Crippen LogP contribution >= 0.6 is 11.6 Å². The smallest absolute Gasteiger partial charge is 0.0587 e. The van der Waals surface area contributed by atoms with E-state index < -0.39 is 0 Å². The molecule has 0 atom stereocenters. The van der Waals surface area contributed by atoms with Gasteiger partial charge in [0.25, 0.3) is 0 Å². The Balaban J connectivity index is 2.92. The maximum atomic E-state index is 5.94. The molecule has 0 unspecified atom stereocenters. The van der Waals surface area contributed by atoms with Crippen molar-refractivity contribution in [3.8, 4) is 0 Å². The molecule has 0 N–H and O–H groups in total. The van der Waals surface area contributed by atoms with E-state index in [-0.39, 0.29) is 0 Å². The van der Waals surface area contributed by atoms with E-state index >= 15 is 0 Å². The molecular formula is C9H13ClN2. The zero-order chi connectivity index (χ0) is 9.14. The molecule has 0 aliphatic rings. The summed E-state index contributed by atoms with van der Waals surface area (Å²) >= 11 is 5.94. The molecule has 0 saturated heterocycles. The fourth-order valence-corrected chi connectivity index (χ4v) is 1.18. The second-order valence-corrected chi connectivity index (χ2v) is 3.51. The van der Waals surface area contributed by atoms with E-state index in [1.807, 2.05) is 27.1 Å². The van der Waals surface area contributed by atoms with Gasteiger partial charge in [0.05, 0.1) is 5.69 Å². The van der Waals surface area contributed by atoms with E-state index in [0.717, 1.165) is 22.8 Å². The highest BCUT2D eigenvalue weighted by Crippen LogP contribution is 2.16. The second-order valence-electron chi connectivity index (χ2n) is 3.10. The number of nitrogens with zero attached hydrogens (tertiary/aromatic N) is 2. The largest absolute Gasteiger partial charge is 0.304 e. The number of pyridine rings is 1. The third kappa shape index (κ3) is 2.19. The molecule has 1 heterocycles. The lowest BCUT2D eigenvalue weighted by molar-refractivity contribution is 0.396. The Morgan fingerprint density at radius 1 is 1.50 bits per heavy atom. The van der Waals surface area contributed by atoms with Crippen molar-refractivity contribution in [1.29, 1.82) is 0 Å². The van der Waals surface area contributed by atoms with Crippen LogP contribution in [0.1, 0.15) is 11.3 Å². The molecule has 0 amide bonds. The highest BCUT2D eigenvalue weighted by molar-refractivity contribution is 6.31. The Hall–Kier alpha value is -0.600. The third-order valence-corrected chi connectivity index (χ3v) is 2.12. The van der Waals surface area contributed by atoms with Gasteiger partial charge in [-0.05, 0) is 32.6 Å². The first-order chi connectivity index (χ1) is 5.61. The van der Waals surface area contributed by atoms with Gasteiger partial charge < -0.3 is 4.90 Å². The Labute approximate surface area is 78.2 Å². The maximum Gasteiger partial charge on any atom is 0.0587 e. The molecule has 0 spiro atoms. The summed E-state index contributed by atoms with van der Waals surface area (Å²) in [4.78, 5) is 6.33. The number of halogens is 1. The minimum atomic E-state index is 0.793. The topological polar surface area (TPSA) is 16.1 Å². The van der Waals surface area contributed by atoms with E-state index in [2.05, 4.69) is 9.88 Å². The summed E-state index contributed by atoms with van der Waals surface area (Å²) in [6.07, 6.45) is 1.74. The Morgan fingerprint density at radius 3 is 2.75 bits per heavy atom. The van der Waals surface area contributed by atoms with Crippen LogP contribution < -0.4 is 0 Å². The van der Waals surface area contributed by atoms with Crippen molar-refractivity contribution in [2.24, 2.45) is 0 Å². The van der Waals surface area contributed by atoms with Gasteiger partial charge in [0.2, 0.25) is 0 Å². The van der Waals surface area contributed by atoms with Crippen LogP contribution in [0.4, 0.5) is 0 Å². The normalized spacial score (nSPS) is 10.8. The van der Waals surface area contributed by atoms with Crippen LogP contribution in [0.3, 0.4) is 0 Å². The molecule has 1 aromatic rings. The van der Waals surface area contributed by atoms with Gasteiger partial charge in [-0.2, -0.15) is 0 Å². The number of hydrogen-bond acceptors (Lipinski definition) is 2. The summed E-state index contributed by atoms with van der Waals surface area (Å²) in [6, 6.07) is 1.82. The average Bonchev–Trinajstić information content (AvgIpc) is 1.98. The van der Waals surface area contributed by atoms with Crippen molar-refractivity contribution in [2.45, 2.75) is 13.5 Å². The molecule has 0 aromatic carbocycles. The van der Waals surface area contributed by atoms with E-state index in [9.17, 15) is 0 Å². The minimum absolute atomic E-state index is 0.793. The third-order valence-electron chi connectivity index (χ3n) is 1.71. The molecule has 0 radical (unpaired) electrons. The van der Waals surface area contributed by atoms with Crippen LogP contribution in [-0.2, 0) is 6.54 Å². The minimum Gasteiger partial charge on any atom is -0.304 e. The van der Waals surface area contributed by atoms with Crippen molar-refractivity contribution >= 4 is 11.6 Å². The molecule has 12 heavy (non-hydrogen) atoms. The van der Waals surface area contributed by atoms with Crippen LogP contribution in [0.15, 0.2) is 12.3 Å². The monoisotopic (exact) mass is 184 g/mol. The summed E-state index contributed by atoms with van der Waals surface area (Å²) in [5.74, 6) is 0. The fraction of sp³-hybridized carbons (Fsp3) is 0.444. The standard InChI is InChI=1S/C9H13ClN2/c1-7-8(10)4-5-11-9(7)6-12(2)3/h4-5H,6H2,1-3H3. The first-order valence-corrected chi connectivity index (χ1v) is 4.23. The zero-order valence-corrected chi connectivity index (χ0v) is 8.39. The van der Waals surface area contributed by atoms with Crippen LogP contribution in [-0.4, -0.2) is 24.0 Å². The average molecular weight is 185 g/mol. The quantitative estimate of drug-likeness (QED) is 0.700. The highest BCUT2D eigenvalue weighted by Gasteiger charge is 2.03. The maximum absolute atomic E-state index is 5.94. The molecule has 0 saturated carbocycles. The lowest BCUT2D eigenvalue weighted by Crippen LogP contribution is -2.13. The Morgan fingerprint density at radius 2 is 2.17 bits per heavy atom. The molecule has 3 heteroatoms. The van der Waals surface area contributed by atoms with Crippen LogP contribution in [0.25, 0.3) is 0 Å². The van der Waals surface area contributed by atoms with Gasteiger partial charge in [-0.25, -0.2) is 0 Å². The number of aromatic nitrogens is 1. The van der Waals surface area contributed by atoms with Gasteiger partial charge in [-0.1, -0.05) is 11.6 Å². The van der Waals surface area contributed by atoms with Gasteiger partial charge in [-0.15, -0.1) is 0 Å². The molecule has 0 bridgehead atoms. The van der Waals surface area contributed by atoms with Crippen LogP contribution in [0.5, 0.6) is 0 Å². The van der Waals surface area contributed by atoms with Crippen molar-refractivity contribution in [3.63, 3.8) is 0 Å². The number of hydrogen-bond donors (Lipinski definition) is 0. The fourth-order valence-electron chi connectivity index (χ4n) is 1.01. The molecular weight excluding hydrogens is 172 g/mol. The molecule has 1 rings (SSSR count). The van der Waals surface area contributed by atoms with Crippen molar-refractivity contribution < 1.29 is 0 Å². The van der Waals surface area contributed by atoms with Crippen LogP contribution in [0, 0.1) is 6.92 Å². The predicted octanol–water partition coefficient (Wildman–Crippen LogP) is 2.11. The van der Waals surface area contributed by atoms with Crippen molar-refractivity contribution in [2.75, 3.05) is 14.1 Å². The summed E-state index contributed by atoms with van der Waals surface area (Å²) in [5.41, 5.74) is 2.13. The van der Waals surface area contributed by atoms with Crippen molar-refractivity contribution in [3.05, 3.63) is 28.5 Å². The number of rotatable bonds is 2. The van der Waals surface area contributed by atoms with Gasteiger partial charge in [-0.3, -0.25) is 4.98 Å².